The summed E-state index contributed by atoms with van der Waals surface area (Å²) < 4.78 is 24.3. The van der Waals surface area contributed by atoms with Crippen molar-refractivity contribution in [3.05, 3.63) is 59.9 Å². The smallest absolute Gasteiger partial charge is 0.258 e. The Hall–Kier alpha value is -2.01. The average molecular weight is 305 g/mol. The Morgan fingerprint density at radius 2 is 1.67 bits per heavy atom. The van der Waals surface area contributed by atoms with E-state index in [1.807, 2.05) is 6.92 Å². The van der Waals surface area contributed by atoms with Gasteiger partial charge >= 0.3 is 0 Å². The second-order valence-electron chi connectivity index (χ2n) is 4.50. The maximum atomic E-state index is 13.0. The Bertz CT molecular complexity index is 653. The number of carbonyl (C=O) groups excluding carboxylic acids is 1. The Morgan fingerprint density at radius 1 is 1.10 bits per heavy atom. The van der Waals surface area contributed by atoms with E-state index in [1.54, 1.807) is 47.6 Å². The zero-order valence-electron chi connectivity index (χ0n) is 11.9. The molecule has 2 aromatic carbocycles. The lowest BCUT2D eigenvalue weighted by atomic mass is 10.2. The Labute approximate surface area is 125 Å². The summed E-state index contributed by atoms with van der Waals surface area (Å²) in [5, 5.41) is 0. The summed E-state index contributed by atoms with van der Waals surface area (Å²) in [6, 6.07) is 12.5. The second kappa shape index (κ2) is 6.63. The summed E-state index contributed by atoms with van der Waals surface area (Å²) in [6.07, 6.45) is 1.59. The molecule has 0 N–H and O–H groups in total. The van der Waals surface area contributed by atoms with Crippen molar-refractivity contribution in [3.63, 3.8) is 0 Å². The highest BCUT2D eigenvalue weighted by atomic mass is 32.2. The molecule has 0 aliphatic rings. The molecule has 0 aromatic heterocycles. The quantitative estimate of drug-likeness (QED) is 0.869. The summed E-state index contributed by atoms with van der Waals surface area (Å²) in [4.78, 5) is 14.7. The molecule has 0 bridgehead atoms. The van der Waals surface area contributed by atoms with Crippen LogP contribution < -0.4 is 4.90 Å². The van der Waals surface area contributed by atoms with E-state index >= 15 is 0 Å². The number of halogens is 1. The third-order valence-corrected chi connectivity index (χ3v) is 4.07. The first-order valence-electron chi connectivity index (χ1n) is 6.54. The molecule has 0 spiro atoms. The van der Waals surface area contributed by atoms with Gasteiger partial charge in [-0.25, -0.2) is 4.39 Å². The third kappa shape index (κ3) is 3.55. The van der Waals surface area contributed by atoms with Gasteiger partial charge in [0.2, 0.25) is 0 Å². The molecular weight excluding hydrogens is 289 g/mol. The minimum atomic E-state index is -1.07. The zero-order valence-corrected chi connectivity index (χ0v) is 12.7. The first-order chi connectivity index (χ1) is 10.0. The third-order valence-electron chi connectivity index (χ3n) is 3.13. The summed E-state index contributed by atoms with van der Waals surface area (Å²) in [5.41, 5.74) is 1.16. The van der Waals surface area contributed by atoms with Gasteiger partial charge in [-0.05, 0) is 55.5 Å². The first-order valence-corrected chi connectivity index (χ1v) is 8.09. The monoisotopic (exact) mass is 305 g/mol. The maximum Gasteiger partial charge on any atom is 0.258 e. The molecule has 0 heterocycles. The molecule has 3 nitrogen and oxygen atoms in total. The number of hydrogen-bond donors (Lipinski definition) is 0. The van der Waals surface area contributed by atoms with Crippen LogP contribution in [0.5, 0.6) is 0 Å². The summed E-state index contributed by atoms with van der Waals surface area (Å²) in [7, 11) is -1.07. The van der Waals surface area contributed by atoms with Crippen molar-refractivity contribution in [2.24, 2.45) is 0 Å². The van der Waals surface area contributed by atoms with Crippen LogP contribution in [0.15, 0.2) is 53.4 Å². The SMILES string of the molecule is CCN(C(=O)c1ccc(S(C)=O)cc1)c1ccc(F)cc1. The second-order valence-corrected chi connectivity index (χ2v) is 5.88. The molecule has 110 valence electrons. The molecular formula is C16H16FNO2S. The van der Waals surface area contributed by atoms with Crippen LogP contribution in [0, 0.1) is 5.82 Å². The highest BCUT2D eigenvalue weighted by Crippen LogP contribution is 2.18. The van der Waals surface area contributed by atoms with Crippen molar-refractivity contribution < 1.29 is 13.4 Å². The van der Waals surface area contributed by atoms with Gasteiger partial charge in [0.1, 0.15) is 5.82 Å². The largest absolute Gasteiger partial charge is 0.309 e. The Morgan fingerprint density at radius 3 is 2.14 bits per heavy atom. The molecule has 1 atom stereocenters. The number of nitrogens with zero attached hydrogens (tertiary/aromatic N) is 1. The summed E-state index contributed by atoms with van der Waals surface area (Å²) in [6.45, 7) is 2.34. The molecule has 5 heteroatoms. The predicted molar refractivity (Wildman–Crippen MR) is 82.5 cm³/mol. The van der Waals surface area contributed by atoms with Crippen molar-refractivity contribution in [1.82, 2.24) is 0 Å². The van der Waals surface area contributed by atoms with Gasteiger partial charge in [-0.1, -0.05) is 0 Å². The van der Waals surface area contributed by atoms with Crippen molar-refractivity contribution in [2.75, 3.05) is 17.7 Å². The molecule has 2 rings (SSSR count). The standard InChI is InChI=1S/C16H16FNO2S/c1-3-18(14-8-6-13(17)7-9-14)16(19)12-4-10-15(11-5-12)21(2)20/h4-11H,3H2,1-2H3. The fourth-order valence-corrected chi connectivity index (χ4v) is 2.53. The highest BCUT2D eigenvalue weighted by molar-refractivity contribution is 7.84. The normalized spacial score (nSPS) is 12.0. The number of rotatable bonds is 4. The van der Waals surface area contributed by atoms with Crippen LogP contribution >= 0.6 is 0 Å². The van der Waals surface area contributed by atoms with E-state index in [9.17, 15) is 13.4 Å². The van der Waals surface area contributed by atoms with E-state index in [-0.39, 0.29) is 11.7 Å². The van der Waals surface area contributed by atoms with Crippen LogP contribution in [0.1, 0.15) is 17.3 Å². The molecule has 0 aliphatic heterocycles. The van der Waals surface area contributed by atoms with Gasteiger partial charge < -0.3 is 4.90 Å². The van der Waals surface area contributed by atoms with Crippen molar-refractivity contribution in [1.29, 1.82) is 0 Å². The van der Waals surface area contributed by atoms with Crippen LogP contribution in [-0.4, -0.2) is 22.9 Å². The average Bonchev–Trinajstić information content (AvgIpc) is 2.50. The Balaban J connectivity index is 2.27. The number of anilines is 1. The van der Waals surface area contributed by atoms with Gasteiger partial charge in [-0.2, -0.15) is 0 Å². The van der Waals surface area contributed by atoms with Gasteiger partial charge in [-0.15, -0.1) is 0 Å². The molecule has 21 heavy (non-hydrogen) atoms. The molecule has 0 saturated carbocycles. The number of carbonyl (C=O) groups is 1. The topological polar surface area (TPSA) is 37.4 Å². The van der Waals surface area contributed by atoms with E-state index in [2.05, 4.69) is 0 Å². The lowest BCUT2D eigenvalue weighted by Gasteiger charge is -2.21. The maximum absolute atomic E-state index is 13.0. The van der Waals surface area contributed by atoms with Crippen LogP contribution in [0.2, 0.25) is 0 Å². The van der Waals surface area contributed by atoms with E-state index in [4.69, 9.17) is 0 Å². The molecule has 1 unspecified atom stereocenters. The van der Waals surface area contributed by atoms with Gasteiger partial charge in [0.15, 0.2) is 0 Å². The first kappa shape index (κ1) is 15.4. The van der Waals surface area contributed by atoms with Crippen molar-refractivity contribution in [2.45, 2.75) is 11.8 Å². The molecule has 1 amide bonds. The fraction of sp³-hybridized carbons (Fsp3) is 0.188. The van der Waals surface area contributed by atoms with E-state index in [0.717, 1.165) is 0 Å². The molecule has 0 radical (unpaired) electrons. The van der Waals surface area contributed by atoms with Gasteiger partial charge in [0.05, 0.1) is 0 Å². The fourth-order valence-electron chi connectivity index (χ4n) is 2.01. The number of hydrogen-bond acceptors (Lipinski definition) is 2. The van der Waals surface area contributed by atoms with Crippen LogP contribution in [0.3, 0.4) is 0 Å². The van der Waals surface area contributed by atoms with Crippen molar-refractivity contribution >= 4 is 22.4 Å². The molecule has 2 aromatic rings. The van der Waals surface area contributed by atoms with E-state index < -0.39 is 10.8 Å². The predicted octanol–water partition coefficient (Wildman–Crippen LogP) is 3.23. The summed E-state index contributed by atoms with van der Waals surface area (Å²) >= 11 is 0. The van der Waals surface area contributed by atoms with Gasteiger partial charge in [-0.3, -0.25) is 9.00 Å². The van der Waals surface area contributed by atoms with Gasteiger partial charge in [0, 0.05) is 39.7 Å². The van der Waals surface area contributed by atoms with Crippen molar-refractivity contribution in [3.8, 4) is 0 Å². The minimum Gasteiger partial charge on any atom is -0.309 e. The number of amides is 1. The summed E-state index contributed by atoms with van der Waals surface area (Å²) in [5.74, 6) is -0.505. The lowest BCUT2D eigenvalue weighted by Crippen LogP contribution is -2.30. The van der Waals surface area contributed by atoms with E-state index in [0.29, 0.717) is 22.7 Å². The van der Waals surface area contributed by atoms with Gasteiger partial charge in [0.25, 0.3) is 5.91 Å². The van der Waals surface area contributed by atoms with Crippen LogP contribution in [0.4, 0.5) is 10.1 Å². The van der Waals surface area contributed by atoms with Crippen LogP contribution in [-0.2, 0) is 10.8 Å². The molecule has 0 saturated heterocycles. The van der Waals surface area contributed by atoms with E-state index in [1.165, 1.54) is 12.1 Å². The number of benzene rings is 2. The molecule has 0 aliphatic carbocycles. The lowest BCUT2D eigenvalue weighted by molar-refractivity contribution is 0.0988. The minimum absolute atomic E-state index is 0.169. The molecule has 0 fully saturated rings. The van der Waals surface area contributed by atoms with Crippen LogP contribution in [0.25, 0.3) is 0 Å². The highest BCUT2D eigenvalue weighted by Gasteiger charge is 2.16. The Kier molecular flexibility index (Phi) is 4.85. The zero-order chi connectivity index (χ0) is 15.4.